The van der Waals surface area contributed by atoms with Crippen molar-refractivity contribution in [2.45, 2.75) is 83.2 Å². The molecule has 0 aromatic carbocycles. The van der Waals surface area contributed by atoms with Gasteiger partial charge in [0, 0.05) is 25.2 Å². The number of hydrogen-bond acceptors (Lipinski definition) is 4. The van der Waals surface area contributed by atoms with Gasteiger partial charge in [-0.1, -0.05) is 25.7 Å². The first kappa shape index (κ1) is 24.4. The number of hydrogen-bond donors (Lipinski definition) is 2. The highest BCUT2D eigenvalue weighted by atomic mass is 127. The number of rotatable bonds is 9. The molecule has 29 heavy (non-hydrogen) atoms. The largest absolute Gasteiger partial charge is 0.357 e. The van der Waals surface area contributed by atoms with E-state index in [1.54, 1.807) is 12.7 Å². The SMILES string of the molecule is CCNC(=NCC1(N2CCCCC2)CCCCC1)NCCCCn1cnnc1.I. The molecular weight excluding hydrogens is 477 g/mol. The highest BCUT2D eigenvalue weighted by Gasteiger charge is 2.38. The number of nitrogens with zero attached hydrogens (tertiary/aromatic N) is 5. The van der Waals surface area contributed by atoms with Crippen LogP contribution < -0.4 is 10.6 Å². The summed E-state index contributed by atoms with van der Waals surface area (Å²) in [6, 6.07) is 0. The molecule has 2 aliphatic rings. The van der Waals surface area contributed by atoms with Crippen molar-refractivity contribution in [1.82, 2.24) is 30.3 Å². The molecule has 1 aromatic rings. The van der Waals surface area contributed by atoms with E-state index in [0.29, 0.717) is 5.54 Å². The first-order chi connectivity index (χ1) is 13.8. The molecule has 2 N–H and O–H groups in total. The van der Waals surface area contributed by atoms with Crippen molar-refractivity contribution in [2.24, 2.45) is 4.99 Å². The maximum Gasteiger partial charge on any atom is 0.191 e. The molecule has 1 aliphatic heterocycles. The first-order valence-electron chi connectivity index (χ1n) is 11.4. The third-order valence-electron chi connectivity index (χ3n) is 6.29. The van der Waals surface area contributed by atoms with E-state index in [0.717, 1.165) is 45.0 Å². The van der Waals surface area contributed by atoms with Crippen molar-refractivity contribution in [1.29, 1.82) is 0 Å². The Balaban J connectivity index is 0.00000300. The number of unbranched alkanes of at least 4 members (excludes halogenated alkanes) is 1. The number of nitrogens with one attached hydrogen (secondary N) is 2. The lowest BCUT2D eigenvalue weighted by atomic mass is 9.79. The molecule has 8 heteroatoms. The van der Waals surface area contributed by atoms with Gasteiger partial charge < -0.3 is 15.2 Å². The predicted octanol–water partition coefficient (Wildman–Crippen LogP) is 3.42. The number of aliphatic imine (C=N–C) groups is 1. The Morgan fingerprint density at radius 2 is 1.66 bits per heavy atom. The minimum Gasteiger partial charge on any atom is -0.357 e. The summed E-state index contributed by atoms with van der Waals surface area (Å²) in [5.41, 5.74) is 0.301. The lowest BCUT2D eigenvalue weighted by Gasteiger charge is -2.47. The second-order valence-corrected chi connectivity index (χ2v) is 8.36. The zero-order chi connectivity index (χ0) is 19.5. The summed E-state index contributed by atoms with van der Waals surface area (Å²) in [7, 11) is 0. The van der Waals surface area contributed by atoms with E-state index >= 15 is 0 Å². The third kappa shape index (κ3) is 7.70. The molecule has 7 nitrogen and oxygen atoms in total. The molecule has 0 radical (unpaired) electrons. The van der Waals surface area contributed by atoms with Gasteiger partial charge in [0.2, 0.25) is 0 Å². The fraction of sp³-hybridized carbons (Fsp3) is 0.857. The summed E-state index contributed by atoms with van der Waals surface area (Å²) in [5, 5.41) is 14.7. The molecule has 0 bridgehead atoms. The fourth-order valence-electron chi connectivity index (χ4n) is 4.68. The van der Waals surface area contributed by atoms with Crippen molar-refractivity contribution < 1.29 is 0 Å². The first-order valence-corrected chi connectivity index (χ1v) is 11.4. The van der Waals surface area contributed by atoms with Gasteiger partial charge in [-0.15, -0.1) is 34.2 Å². The summed E-state index contributed by atoms with van der Waals surface area (Å²) >= 11 is 0. The van der Waals surface area contributed by atoms with Crippen LogP contribution in [0.4, 0.5) is 0 Å². The Kier molecular flexibility index (Phi) is 11.3. The van der Waals surface area contributed by atoms with Crippen LogP contribution in [-0.2, 0) is 6.54 Å². The van der Waals surface area contributed by atoms with Crippen LogP contribution in [0.2, 0.25) is 0 Å². The summed E-state index contributed by atoms with van der Waals surface area (Å²) in [4.78, 5) is 7.84. The quantitative estimate of drug-likeness (QED) is 0.228. The predicted molar refractivity (Wildman–Crippen MR) is 130 cm³/mol. The third-order valence-corrected chi connectivity index (χ3v) is 6.29. The number of aryl methyl sites for hydroxylation is 1. The smallest absolute Gasteiger partial charge is 0.191 e. The van der Waals surface area contributed by atoms with Gasteiger partial charge in [0.15, 0.2) is 5.96 Å². The van der Waals surface area contributed by atoms with Crippen molar-refractivity contribution in [3.63, 3.8) is 0 Å². The number of halogens is 1. The van der Waals surface area contributed by atoms with Crippen LogP contribution in [-0.4, -0.2) is 63.9 Å². The van der Waals surface area contributed by atoms with Crippen molar-refractivity contribution in [3.05, 3.63) is 12.7 Å². The number of aromatic nitrogens is 3. The molecule has 2 fully saturated rings. The van der Waals surface area contributed by atoms with Gasteiger partial charge in [-0.3, -0.25) is 9.89 Å². The Bertz CT molecular complexity index is 564. The molecule has 166 valence electrons. The lowest BCUT2D eigenvalue weighted by Crippen LogP contribution is -2.54. The number of likely N-dealkylation sites (tertiary alicyclic amines) is 1. The lowest BCUT2D eigenvalue weighted by molar-refractivity contribution is 0.0407. The van der Waals surface area contributed by atoms with E-state index in [1.165, 1.54) is 64.5 Å². The van der Waals surface area contributed by atoms with E-state index in [1.807, 2.05) is 4.57 Å². The van der Waals surface area contributed by atoms with Gasteiger partial charge in [-0.25, -0.2) is 0 Å². The van der Waals surface area contributed by atoms with Gasteiger partial charge in [-0.2, -0.15) is 0 Å². The van der Waals surface area contributed by atoms with Crippen LogP contribution in [0.5, 0.6) is 0 Å². The molecular formula is C21H40IN7. The topological polar surface area (TPSA) is 70.4 Å². The van der Waals surface area contributed by atoms with Gasteiger partial charge in [-0.05, 0) is 58.5 Å². The highest BCUT2D eigenvalue weighted by Crippen LogP contribution is 2.35. The Labute approximate surface area is 193 Å². The minimum atomic E-state index is 0. The monoisotopic (exact) mass is 517 g/mol. The Morgan fingerprint density at radius 1 is 0.966 bits per heavy atom. The van der Waals surface area contributed by atoms with Crippen LogP contribution in [0.25, 0.3) is 0 Å². The molecule has 1 aromatic heterocycles. The van der Waals surface area contributed by atoms with E-state index in [-0.39, 0.29) is 24.0 Å². The van der Waals surface area contributed by atoms with Crippen LogP contribution in [0.3, 0.4) is 0 Å². The van der Waals surface area contributed by atoms with Crippen LogP contribution in [0.1, 0.15) is 71.1 Å². The van der Waals surface area contributed by atoms with Crippen molar-refractivity contribution in [2.75, 3.05) is 32.7 Å². The van der Waals surface area contributed by atoms with E-state index < -0.39 is 0 Å². The molecule has 0 spiro atoms. The van der Waals surface area contributed by atoms with Gasteiger partial charge in [0.1, 0.15) is 12.7 Å². The maximum absolute atomic E-state index is 5.06. The maximum atomic E-state index is 5.06. The number of piperidine rings is 1. The van der Waals surface area contributed by atoms with E-state index in [4.69, 9.17) is 4.99 Å². The Hall–Kier alpha value is -0.900. The minimum absolute atomic E-state index is 0. The average molecular weight is 518 g/mol. The van der Waals surface area contributed by atoms with Crippen molar-refractivity contribution in [3.8, 4) is 0 Å². The fourth-order valence-corrected chi connectivity index (χ4v) is 4.68. The molecule has 0 amide bonds. The van der Waals surface area contributed by atoms with Crippen LogP contribution >= 0.6 is 24.0 Å². The second-order valence-electron chi connectivity index (χ2n) is 8.36. The highest BCUT2D eigenvalue weighted by molar-refractivity contribution is 14.0. The van der Waals surface area contributed by atoms with Gasteiger partial charge >= 0.3 is 0 Å². The summed E-state index contributed by atoms with van der Waals surface area (Å²) in [6.45, 7) is 8.44. The Morgan fingerprint density at radius 3 is 2.34 bits per heavy atom. The summed E-state index contributed by atoms with van der Waals surface area (Å²) in [5.74, 6) is 0.980. The second kappa shape index (κ2) is 13.4. The molecule has 3 rings (SSSR count). The molecule has 0 atom stereocenters. The van der Waals surface area contributed by atoms with Crippen molar-refractivity contribution >= 4 is 29.9 Å². The average Bonchev–Trinajstić information content (AvgIpc) is 3.26. The van der Waals surface area contributed by atoms with Crippen LogP contribution in [0, 0.1) is 0 Å². The van der Waals surface area contributed by atoms with E-state index in [2.05, 4.69) is 32.7 Å². The van der Waals surface area contributed by atoms with Gasteiger partial charge in [0.25, 0.3) is 0 Å². The normalized spacial score (nSPS) is 20.1. The molecule has 0 unspecified atom stereocenters. The summed E-state index contributed by atoms with van der Waals surface area (Å²) in [6.07, 6.45) is 16.6. The van der Waals surface area contributed by atoms with Gasteiger partial charge in [0.05, 0.1) is 6.54 Å². The molecule has 1 saturated carbocycles. The standard InChI is InChI=1S/C21H39N7.HI/c1-2-22-20(23-13-7-10-14-27-18-25-26-19-27)24-17-21(11-5-3-6-12-21)28-15-8-4-9-16-28;/h18-19H,2-17H2,1H3,(H2,22,23,24);1H. The summed E-state index contributed by atoms with van der Waals surface area (Å²) < 4.78 is 2.03. The number of guanidine groups is 1. The zero-order valence-electron chi connectivity index (χ0n) is 18.1. The molecule has 1 aliphatic carbocycles. The molecule has 1 saturated heterocycles. The molecule has 2 heterocycles. The zero-order valence-corrected chi connectivity index (χ0v) is 20.4. The van der Waals surface area contributed by atoms with E-state index in [9.17, 15) is 0 Å². The van der Waals surface area contributed by atoms with Crippen LogP contribution in [0.15, 0.2) is 17.6 Å².